The van der Waals surface area contributed by atoms with Gasteiger partial charge in [0.25, 0.3) is 11.7 Å². The van der Waals surface area contributed by atoms with Gasteiger partial charge < -0.3 is 19.5 Å². The Morgan fingerprint density at radius 3 is 1.84 bits per heavy atom. The van der Waals surface area contributed by atoms with E-state index in [1.165, 1.54) is 4.90 Å². The summed E-state index contributed by atoms with van der Waals surface area (Å²) in [6, 6.07) is 21.5. The summed E-state index contributed by atoms with van der Waals surface area (Å²) in [5.41, 5.74) is 3.22. The molecule has 0 saturated carbocycles. The van der Waals surface area contributed by atoms with Crippen LogP contribution >= 0.6 is 0 Å². The number of Topliss-reactive ketones (excluding diaryl/α,β-unsaturated/α-hetero) is 1. The van der Waals surface area contributed by atoms with Crippen molar-refractivity contribution in [1.29, 1.82) is 0 Å². The third kappa shape index (κ3) is 5.59. The van der Waals surface area contributed by atoms with Gasteiger partial charge in [0.15, 0.2) is 0 Å². The van der Waals surface area contributed by atoms with Crippen molar-refractivity contribution in [2.45, 2.75) is 52.6 Å². The molecule has 4 rings (SSSR count). The number of benzene rings is 3. The molecule has 3 aromatic carbocycles. The number of carbonyl (C=O) groups is 2. The van der Waals surface area contributed by atoms with Gasteiger partial charge >= 0.3 is 0 Å². The Kier molecular flexibility index (Phi) is 7.91. The van der Waals surface area contributed by atoms with Gasteiger partial charge in [0, 0.05) is 12.1 Å². The van der Waals surface area contributed by atoms with Crippen LogP contribution in [0.25, 0.3) is 5.76 Å². The van der Waals surface area contributed by atoms with Crippen LogP contribution < -0.4 is 9.47 Å². The summed E-state index contributed by atoms with van der Waals surface area (Å²) in [4.78, 5) is 28.3. The van der Waals surface area contributed by atoms with Crippen LogP contribution in [0.1, 0.15) is 62.9 Å². The van der Waals surface area contributed by atoms with Gasteiger partial charge in [0.05, 0.1) is 24.8 Å². The standard InChI is InChI=1S/C32H35NO5/c1-6-37-25-16-8-21(9-17-25)20-33-28(22-10-14-24(15-11-22)32(3,4)5)27(30(35)31(33)36)29(34)23-12-18-26(19-13-23)38-7-2/h8-19,28,34H,6-7,20H2,1-5H3/b29-27-. The number of nitrogens with zero attached hydrogens (tertiary/aromatic N) is 1. The van der Waals surface area contributed by atoms with E-state index in [9.17, 15) is 14.7 Å². The third-order valence-corrected chi connectivity index (χ3v) is 6.66. The number of ketones is 1. The average molecular weight is 514 g/mol. The molecule has 1 saturated heterocycles. The molecule has 0 radical (unpaired) electrons. The lowest BCUT2D eigenvalue weighted by Gasteiger charge is -2.26. The Morgan fingerprint density at radius 2 is 1.34 bits per heavy atom. The molecule has 1 aliphatic rings. The fourth-order valence-corrected chi connectivity index (χ4v) is 4.64. The predicted molar refractivity (Wildman–Crippen MR) is 148 cm³/mol. The zero-order chi connectivity index (χ0) is 27.4. The van der Waals surface area contributed by atoms with Gasteiger partial charge in [0.2, 0.25) is 0 Å². The maximum absolute atomic E-state index is 13.4. The first-order chi connectivity index (χ1) is 18.1. The summed E-state index contributed by atoms with van der Waals surface area (Å²) in [5.74, 6) is -0.147. The minimum atomic E-state index is -0.734. The molecule has 1 atom stereocenters. The quantitative estimate of drug-likeness (QED) is 0.214. The Balaban J connectivity index is 1.78. The number of amides is 1. The Labute approximate surface area is 224 Å². The van der Waals surface area contributed by atoms with Gasteiger partial charge in [-0.1, -0.05) is 57.2 Å². The molecule has 1 unspecified atom stereocenters. The Hall–Kier alpha value is -4.06. The minimum absolute atomic E-state index is 0.0506. The number of carbonyl (C=O) groups excluding carboxylic acids is 2. The number of likely N-dealkylation sites (tertiary alicyclic amines) is 1. The van der Waals surface area contributed by atoms with Crippen molar-refractivity contribution in [3.8, 4) is 11.5 Å². The van der Waals surface area contributed by atoms with Crippen molar-refractivity contribution in [3.05, 3.63) is 101 Å². The second-order valence-corrected chi connectivity index (χ2v) is 10.3. The number of rotatable bonds is 8. The molecule has 38 heavy (non-hydrogen) atoms. The fraction of sp³-hybridized carbons (Fsp3) is 0.312. The van der Waals surface area contributed by atoms with Crippen LogP contribution in [-0.2, 0) is 21.5 Å². The molecule has 198 valence electrons. The summed E-state index contributed by atoms with van der Waals surface area (Å²) in [6.45, 7) is 11.5. The SMILES string of the molecule is CCOc1ccc(CN2C(=O)C(=O)/C(=C(\O)c3ccc(OCC)cc3)C2c2ccc(C(C)(C)C)cc2)cc1. The second kappa shape index (κ2) is 11.1. The molecule has 1 N–H and O–H groups in total. The summed E-state index contributed by atoms with van der Waals surface area (Å²) in [7, 11) is 0. The van der Waals surface area contributed by atoms with E-state index in [4.69, 9.17) is 9.47 Å². The van der Waals surface area contributed by atoms with Crippen LogP contribution in [0.3, 0.4) is 0 Å². The van der Waals surface area contributed by atoms with Crippen molar-refractivity contribution in [3.63, 3.8) is 0 Å². The number of aliphatic hydroxyl groups excluding tert-OH is 1. The summed E-state index contributed by atoms with van der Waals surface area (Å²) in [5, 5.41) is 11.3. The highest BCUT2D eigenvalue weighted by atomic mass is 16.5. The maximum Gasteiger partial charge on any atom is 0.295 e. The lowest BCUT2D eigenvalue weighted by molar-refractivity contribution is -0.140. The zero-order valence-corrected chi connectivity index (χ0v) is 22.7. The predicted octanol–water partition coefficient (Wildman–Crippen LogP) is 6.40. The van der Waals surface area contributed by atoms with Crippen LogP contribution in [0.5, 0.6) is 11.5 Å². The molecule has 1 amide bonds. The first kappa shape index (κ1) is 27.0. The molecule has 0 aromatic heterocycles. The Morgan fingerprint density at radius 1 is 0.816 bits per heavy atom. The highest BCUT2D eigenvalue weighted by molar-refractivity contribution is 6.46. The van der Waals surface area contributed by atoms with Gasteiger partial charge in [-0.2, -0.15) is 0 Å². The van der Waals surface area contributed by atoms with Gasteiger partial charge in [-0.25, -0.2) is 0 Å². The largest absolute Gasteiger partial charge is 0.507 e. The van der Waals surface area contributed by atoms with Crippen LogP contribution in [0.4, 0.5) is 0 Å². The van der Waals surface area contributed by atoms with Crippen LogP contribution in [0.2, 0.25) is 0 Å². The minimum Gasteiger partial charge on any atom is -0.507 e. The zero-order valence-electron chi connectivity index (χ0n) is 22.7. The van der Waals surface area contributed by atoms with Crippen molar-refractivity contribution in [2.75, 3.05) is 13.2 Å². The van der Waals surface area contributed by atoms with Crippen molar-refractivity contribution < 1.29 is 24.2 Å². The number of hydrogen-bond donors (Lipinski definition) is 1. The van der Waals surface area contributed by atoms with Crippen molar-refractivity contribution in [1.82, 2.24) is 4.90 Å². The lowest BCUT2D eigenvalue weighted by Crippen LogP contribution is -2.29. The van der Waals surface area contributed by atoms with Gasteiger partial charge in [0.1, 0.15) is 17.3 Å². The molecule has 3 aromatic rings. The highest BCUT2D eigenvalue weighted by Crippen LogP contribution is 2.41. The van der Waals surface area contributed by atoms with Gasteiger partial charge in [-0.3, -0.25) is 9.59 Å². The molecule has 0 aliphatic carbocycles. The van der Waals surface area contributed by atoms with E-state index < -0.39 is 17.7 Å². The molecule has 0 spiro atoms. The van der Waals surface area contributed by atoms with E-state index in [2.05, 4.69) is 20.8 Å². The summed E-state index contributed by atoms with van der Waals surface area (Å²) >= 11 is 0. The van der Waals surface area contributed by atoms with E-state index >= 15 is 0 Å². The topological polar surface area (TPSA) is 76.1 Å². The molecule has 1 fully saturated rings. The van der Waals surface area contributed by atoms with E-state index in [0.29, 0.717) is 24.5 Å². The lowest BCUT2D eigenvalue weighted by atomic mass is 9.85. The molecule has 6 nitrogen and oxygen atoms in total. The fourth-order valence-electron chi connectivity index (χ4n) is 4.64. The van der Waals surface area contributed by atoms with E-state index in [0.717, 1.165) is 22.4 Å². The van der Waals surface area contributed by atoms with Crippen LogP contribution in [0.15, 0.2) is 78.4 Å². The number of hydrogen-bond acceptors (Lipinski definition) is 5. The maximum atomic E-state index is 13.4. The van der Waals surface area contributed by atoms with Crippen LogP contribution in [-0.4, -0.2) is 34.9 Å². The first-order valence-electron chi connectivity index (χ1n) is 13.0. The van der Waals surface area contributed by atoms with E-state index in [1.54, 1.807) is 24.3 Å². The average Bonchev–Trinajstić information content (AvgIpc) is 3.14. The Bertz CT molecular complexity index is 1320. The van der Waals surface area contributed by atoms with Crippen molar-refractivity contribution >= 4 is 17.4 Å². The second-order valence-electron chi connectivity index (χ2n) is 10.3. The monoisotopic (exact) mass is 513 g/mol. The molecule has 1 heterocycles. The molecule has 1 aliphatic heterocycles. The highest BCUT2D eigenvalue weighted by Gasteiger charge is 2.46. The summed E-state index contributed by atoms with van der Waals surface area (Å²) in [6.07, 6.45) is 0. The van der Waals surface area contributed by atoms with E-state index in [1.807, 2.05) is 62.4 Å². The van der Waals surface area contributed by atoms with Gasteiger partial charge in [-0.05, 0) is 72.4 Å². The first-order valence-corrected chi connectivity index (χ1v) is 13.0. The van der Waals surface area contributed by atoms with Gasteiger partial charge in [-0.15, -0.1) is 0 Å². The molecular formula is C32H35NO5. The smallest absolute Gasteiger partial charge is 0.295 e. The molecular weight excluding hydrogens is 478 g/mol. The van der Waals surface area contributed by atoms with Crippen molar-refractivity contribution in [2.24, 2.45) is 0 Å². The number of aliphatic hydroxyl groups is 1. The third-order valence-electron chi connectivity index (χ3n) is 6.66. The number of ether oxygens (including phenoxy) is 2. The van der Waals surface area contributed by atoms with Crippen LogP contribution in [0, 0.1) is 0 Å². The van der Waals surface area contributed by atoms with E-state index in [-0.39, 0.29) is 23.3 Å². The molecule has 0 bridgehead atoms. The summed E-state index contributed by atoms with van der Waals surface area (Å²) < 4.78 is 11.0. The molecule has 6 heteroatoms. The normalized spacial score (nSPS) is 17.1.